The third-order valence-electron chi connectivity index (χ3n) is 4.13. The summed E-state index contributed by atoms with van der Waals surface area (Å²) < 4.78 is 25.9. The normalized spacial score (nSPS) is 20.0. The molecule has 2 atom stereocenters. The molecule has 2 unspecified atom stereocenters. The second-order valence-corrected chi connectivity index (χ2v) is 5.65. The molecule has 3 N–H and O–H groups in total. The highest BCUT2D eigenvalue weighted by Crippen LogP contribution is 2.24. The zero-order valence-corrected chi connectivity index (χ0v) is 13.5. The number of rotatable bonds is 6. The summed E-state index contributed by atoms with van der Waals surface area (Å²) in [6, 6.07) is 3.07. The molecule has 0 radical (unpaired) electrons. The van der Waals surface area contributed by atoms with E-state index in [1.807, 2.05) is 0 Å². The van der Waals surface area contributed by atoms with Gasteiger partial charge in [0.1, 0.15) is 0 Å². The molecule has 1 aliphatic carbocycles. The van der Waals surface area contributed by atoms with E-state index in [0.29, 0.717) is 12.5 Å². The van der Waals surface area contributed by atoms with Gasteiger partial charge in [0.05, 0.1) is 0 Å². The topological polar surface area (TPSA) is 72.2 Å². The Morgan fingerprint density at radius 2 is 1.91 bits per heavy atom. The maximum absolute atomic E-state index is 13.1. The van der Waals surface area contributed by atoms with Crippen molar-refractivity contribution >= 4 is 24.1 Å². The SMILES string of the molecule is Cl.NCC1CCCC1NC(=O)CCC(=O)c1ccc(F)c(F)c1. The van der Waals surface area contributed by atoms with Gasteiger partial charge in [-0.05, 0) is 43.5 Å². The summed E-state index contributed by atoms with van der Waals surface area (Å²) in [4.78, 5) is 23.8. The highest BCUT2D eigenvalue weighted by atomic mass is 35.5. The van der Waals surface area contributed by atoms with E-state index in [9.17, 15) is 18.4 Å². The fourth-order valence-corrected chi connectivity index (χ4v) is 2.83. The lowest BCUT2D eigenvalue weighted by Crippen LogP contribution is -2.39. The molecule has 1 aromatic rings. The first-order valence-corrected chi connectivity index (χ1v) is 7.49. The summed E-state index contributed by atoms with van der Waals surface area (Å²) in [7, 11) is 0. The molecule has 2 rings (SSSR count). The Morgan fingerprint density at radius 1 is 1.17 bits per heavy atom. The molecular formula is C16H21ClF2N2O2. The minimum absolute atomic E-state index is 0. The summed E-state index contributed by atoms with van der Waals surface area (Å²) in [6.07, 6.45) is 2.96. The van der Waals surface area contributed by atoms with Gasteiger partial charge in [-0.1, -0.05) is 6.42 Å². The second-order valence-electron chi connectivity index (χ2n) is 5.65. The Hall–Kier alpha value is -1.53. The lowest BCUT2D eigenvalue weighted by molar-refractivity contribution is -0.122. The predicted octanol–water partition coefficient (Wildman–Crippen LogP) is 2.59. The molecule has 0 aliphatic heterocycles. The highest BCUT2D eigenvalue weighted by molar-refractivity contribution is 5.97. The summed E-state index contributed by atoms with van der Waals surface area (Å²) in [6.45, 7) is 0.540. The van der Waals surface area contributed by atoms with Crippen LogP contribution in [0.3, 0.4) is 0 Å². The molecule has 0 spiro atoms. The number of amides is 1. The molecule has 7 heteroatoms. The van der Waals surface area contributed by atoms with Crippen LogP contribution in [0.1, 0.15) is 42.5 Å². The highest BCUT2D eigenvalue weighted by Gasteiger charge is 2.27. The molecule has 0 aromatic heterocycles. The standard InChI is InChI=1S/C16H20F2N2O2.ClH/c17-12-5-4-10(8-13(12)18)15(21)6-7-16(22)20-14-3-1-2-11(14)9-19;/h4-5,8,11,14H,1-3,6-7,9,19H2,(H,20,22);1H. The van der Waals surface area contributed by atoms with Crippen LogP contribution in [0.2, 0.25) is 0 Å². The van der Waals surface area contributed by atoms with Crippen LogP contribution in [0.5, 0.6) is 0 Å². The van der Waals surface area contributed by atoms with Crippen LogP contribution >= 0.6 is 12.4 Å². The number of ketones is 1. The van der Waals surface area contributed by atoms with Gasteiger partial charge in [0, 0.05) is 24.4 Å². The number of halogens is 3. The van der Waals surface area contributed by atoms with Gasteiger partial charge in [0.15, 0.2) is 17.4 Å². The van der Waals surface area contributed by atoms with Crippen molar-refractivity contribution in [2.75, 3.05) is 6.54 Å². The van der Waals surface area contributed by atoms with Crippen molar-refractivity contribution in [1.82, 2.24) is 5.32 Å². The van der Waals surface area contributed by atoms with Crippen LogP contribution in [-0.2, 0) is 4.79 Å². The van der Waals surface area contributed by atoms with E-state index in [4.69, 9.17) is 5.73 Å². The van der Waals surface area contributed by atoms with Crippen LogP contribution in [0.25, 0.3) is 0 Å². The third kappa shape index (κ3) is 5.25. The molecule has 0 heterocycles. The number of hydrogen-bond donors (Lipinski definition) is 2. The summed E-state index contributed by atoms with van der Waals surface area (Å²) in [5.74, 6) is -2.35. The number of hydrogen-bond acceptors (Lipinski definition) is 3. The number of carbonyl (C=O) groups is 2. The number of nitrogens with one attached hydrogen (secondary N) is 1. The Morgan fingerprint density at radius 3 is 2.57 bits per heavy atom. The van der Waals surface area contributed by atoms with Crippen molar-refractivity contribution in [1.29, 1.82) is 0 Å². The number of nitrogens with two attached hydrogens (primary N) is 1. The van der Waals surface area contributed by atoms with Crippen molar-refractivity contribution in [3.63, 3.8) is 0 Å². The largest absolute Gasteiger partial charge is 0.353 e. The first-order valence-electron chi connectivity index (χ1n) is 7.49. The number of benzene rings is 1. The van der Waals surface area contributed by atoms with Gasteiger partial charge < -0.3 is 11.1 Å². The monoisotopic (exact) mass is 346 g/mol. The Balaban J connectivity index is 0.00000264. The molecule has 23 heavy (non-hydrogen) atoms. The fraction of sp³-hybridized carbons (Fsp3) is 0.500. The van der Waals surface area contributed by atoms with Crippen LogP contribution in [-0.4, -0.2) is 24.3 Å². The third-order valence-corrected chi connectivity index (χ3v) is 4.13. The van der Waals surface area contributed by atoms with Gasteiger partial charge in [-0.15, -0.1) is 12.4 Å². The van der Waals surface area contributed by atoms with Gasteiger partial charge in [0.25, 0.3) is 0 Å². The van der Waals surface area contributed by atoms with E-state index in [0.717, 1.165) is 31.4 Å². The zero-order valence-electron chi connectivity index (χ0n) is 12.7. The molecule has 1 fully saturated rings. The van der Waals surface area contributed by atoms with Crippen molar-refractivity contribution in [3.8, 4) is 0 Å². The number of carbonyl (C=O) groups excluding carboxylic acids is 2. The van der Waals surface area contributed by atoms with E-state index in [1.54, 1.807) is 0 Å². The maximum Gasteiger partial charge on any atom is 0.220 e. The fourth-order valence-electron chi connectivity index (χ4n) is 2.83. The van der Waals surface area contributed by atoms with E-state index in [-0.39, 0.29) is 48.5 Å². The van der Waals surface area contributed by atoms with E-state index < -0.39 is 11.6 Å². The van der Waals surface area contributed by atoms with E-state index in [2.05, 4.69) is 5.32 Å². The predicted molar refractivity (Wildman–Crippen MR) is 85.5 cm³/mol. The molecule has 128 valence electrons. The molecule has 1 aromatic carbocycles. The minimum atomic E-state index is -1.06. The molecular weight excluding hydrogens is 326 g/mol. The molecule has 4 nitrogen and oxygen atoms in total. The van der Waals surface area contributed by atoms with Crippen LogP contribution in [0.15, 0.2) is 18.2 Å². The van der Waals surface area contributed by atoms with Gasteiger partial charge in [-0.2, -0.15) is 0 Å². The van der Waals surface area contributed by atoms with E-state index >= 15 is 0 Å². The molecule has 0 bridgehead atoms. The average Bonchev–Trinajstić information content (AvgIpc) is 2.94. The van der Waals surface area contributed by atoms with Crippen LogP contribution in [0.4, 0.5) is 8.78 Å². The smallest absolute Gasteiger partial charge is 0.220 e. The molecule has 1 saturated carbocycles. The van der Waals surface area contributed by atoms with Crippen molar-refractivity contribution in [2.45, 2.75) is 38.1 Å². The Labute approximate surface area is 140 Å². The molecule has 0 saturated heterocycles. The zero-order chi connectivity index (χ0) is 16.1. The van der Waals surface area contributed by atoms with Gasteiger partial charge in [-0.25, -0.2) is 8.78 Å². The van der Waals surface area contributed by atoms with E-state index in [1.165, 1.54) is 6.07 Å². The van der Waals surface area contributed by atoms with Crippen molar-refractivity contribution < 1.29 is 18.4 Å². The Kier molecular flexibility index (Phi) is 7.58. The summed E-state index contributed by atoms with van der Waals surface area (Å²) in [5.41, 5.74) is 5.73. The van der Waals surface area contributed by atoms with Crippen LogP contribution < -0.4 is 11.1 Å². The lowest BCUT2D eigenvalue weighted by Gasteiger charge is -2.19. The molecule has 1 amide bonds. The van der Waals surface area contributed by atoms with Crippen molar-refractivity contribution in [2.24, 2.45) is 11.7 Å². The lowest BCUT2D eigenvalue weighted by atomic mass is 10.0. The van der Waals surface area contributed by atoms with Gasteiger partial charge in [0.2, 0.25) is 5.91 Å². The first-order chi connectivity index (χ1) is 10.5. The second kappa shape index (κ2) is 8.93. The maximum atomic E-state index is 13.1. The molecule has 1 aliphatic rings. The minimum Gasteiger partial charge on any atom is -0.353 e. The summed E-state index contributed by atoms with van der Waals surface area (Å²) >= 11 is 0. The van der Waals surface area contributed by atoms with Gasteiger partial charge >= 0.3 is 0 Å². The van der Waals surface area contributed by atoms with Crippen molar-refractivity contribution in [3.05, 3.63) is 35.4 Å². The van der Waals surface area contributed by atoms with Crippen LogP contribution in [0, 0.1) is 17.6 Å². The van der Waals surface area contributed by atoms with Gasteiger partial charge in [-0.3, -0.25) is 9.59 Å². The quantitative estimate of drug-likeness (QED) is 0.778. The summed E-state index contributed by atoms with van der Waals surface area (Å²) in [5, 5.41) is 2.90. The first kappa shape index (κ1) is 19.5. The average molecular weight is 347 g/mol. The Bertz CT molecular complexity index is 569. The number of Topliss-reactive ketones (excluding diaryl/α,β-unsaturated/α-hetero) is 1.